The van der Waals surface area contributed by atoms with E-state index in [0.29, 0.717) is 29.8 Å². The summed E-state index contributed by atoms with van der Waals surface area (Å²) in [7, 11) is 0. The first kappa shape index (κ1) is 9.71. The molecule has 0 radical (unpaired) electrons. The average molecular weight is 182 g/mol. The minimum Gasteiger partial charge on any atom is -0.493 e. The molecule has 0 saturated heterocycles. The molecule has 0 aromatic heterocycles. The Labute approximate surface area is 76.3 Å². The third-order valence-electron chi connectivity index (χ3n) is 1.79. The van der Waals surface area contributed by atoms with Gasteiger partial charge in [-0.25, -0.2) is 4.39 Å². The molecule has 0 aliphatic rings. The van der Waals surface area contributed by atoms with Crippen molar-refractivity contribution in [2.75, 3.05) is 6.61 Å². The normalized spacial score (nSPS) is 9.77. The lowest BCUT2D eigenvalue weighted by atomic mass is 10.1. The molecule has 0 fully saturated rings. The lowest BCUT2D eigenvalue weighted by Crippen LogP contribution is -2.00. The van der Waals surface area contributed by atoms with Gasteiger partial charge in [-0.05, 0) is 26.0 Å². The first-order valence-electron chi connectivity index (χ1n) is 4.07. The molecule has 2 nitrogen and oxygen atoms in total. The van der Waals surface area contributed by atoms with E-state index in [9.17, 15) is 9.18 Å². The van der Waals surface area contributed by atoms with Crippen LogP contribution in [0, 0.1) is 12.7 Å². The molecule has 1 rings (SSSR count). The van der Waals surface area contributed by atoms with Gasteiger partial charge in [-0.1, -0.05) is 0 Å². The van der Waals surface area contributed by atoms with Crippen molar-refractivity contribution in [1.82, 2.24) is 0 Å². The Kier molecular flexibility index (Phi) is 3.01. The molecule has 1 aromatic rings. The fourth-order valence-corrected chi connectivity index (χ4v) is 1.12. The lowest BCUT2D eigenvalue weighted by Gasteiger charge is -2.09. The molecule has 0 bridgehead atoms. The number of aldehydes is 1. The maximum Gasteiger partial charge on any atom is 0.153 e. The van der Waals surface area contributed by atoms with Crippen LogP contribution in [0.15, 0.2) is 12.1 Å². The quantitative estimate of drug-likeness (QED) is 0.670. The van der Waals surface area contributed by atoms with Crippen LogP contribution >= 0.6 is 0 Å². The van der Waals surface area contributed by atoms with E-state index >= 15 is 0 Å². The Balaban J connectivity index is 3.23. The third kappa shape index (κ3) is 1.86. The van der Waals surface area contributed by atoms with Gasteiger partial charge in [0.15, 0.2) is 6.29 Å². The van der Waals surface area contributed by atoms with Gasteiger partial charge in [-0.15, -0.1) is 0 Å². The fourth-order valence-electron chi connectivity index (χ4n) is 1.12. The van der Waals surface area contributed by atoms with Gasteiger partial charge in [0.2, 0.25) is 0 Å². The molecule has 70 valence electrons. The van der Waals surface area contributed by atoms with E-state index in [2.05, 4.69) is 0 Å². The van der Waals surface area contributed by atoms with Crippen LogP contribution in [0.25, 0.3) is 0 Å². The number of benzene rings is 1. The summed E-state index contributed by atoms with van der Waals surface area (Å²) < 4.78 is 18.2. The molecule has 0 aliphatic heterocycles. The number of halogens is 1. The molecule has 1 aromatic carbocycles. The Morgan fingerprint density at radius 3 is 2.77 bits per heavy atom. The fraction of sp³-hybridized carbons (Fsp3) is 0.300. The van der Waals surface area contributed by atoms with E-state index in [-0.39, 0.29) is 5.82 Å². The van der Waals surface area contributed by atoms with Gasteiger partial charge in [0.25, 0.3) is 0 Å². The molecule has 13 heavy (non-hydrogen) atoms. The van der Waals surface area contributed by atoms with E-state index in [1.807, 2.05) is 0 Å². The summed E-state index contributed by atoms with van der Waals surface area (Å²) in [5.74, 6) is -0.00782. The molecule has 0 heterocycles. The van der Waals surface area contributed by atoms with Crippen LogP contribution in [0.3, 0.4) is 0 Å². The molecule has 0 atom stereocenters. The van der Waals surface area contributed by atoms with Gasteiger partial charge in [-0.3, -0.25) is 4.79 Å². The summed E-state index contributed by atoms with van der Waals surface area (Å²) in [4.78, 5) is 10.6. The molecular weight excluding hydrogens is 171 g/mol. The Morgan fingerprint density at radius 1 is 1.54 bits per heavy atom. The summed E-state index contributed by atoms with van der Waals surface area (Å²) in [6.45, 7) is 3.80. The summed E-state index contributed by atoms with van der Waals surface area (Å²) in [6.07, 6.45) is 0.664. The summed E-state index contributed by atoms with van der Waals surface area (Å²) in [5, 5.41) is 0. The van der Waals surface area contributed by atoms with Crippen molar-refractivity contribution in [3.05, 3.63) is 29.1 Å². The predicted octanol–water partition coefficient (Wildman–Crippen LogP) is 2.35. The molecule has 0 unspecified atom stereocenters. The Hall–Kier alpha value is -1.38. The number of hydrogen-bond donors (Lipinski definition) is 0. The van der Waals surface area contributed by atoms with Crippen LogP contribution in [0.5, 0.6) is 5.75 Å². The zero-order chi connectivity index (χ0) is 9.84. The van der Waals surface area contributed by atoms with Crippen LogP contribution in [0.1, 0.15) is 22.8 Å². The highest BCUT2D eigenvalue weighted by atomic mass is 19.1. The first-order valence-corrected chi connectivity index (χ1v) is 4.07. The second-order valence-corrected chi connectivity index (χ2v) is 2.64. The standard InChI is InChI=1S/C10H11FO2/c1-3-13-10-7(2)9(11)5-4-8(10)6-12/h4-6H,3H2,1-2H3. The van der Waals surface area contributed by atoms with Gasteiger partial charge in [0.05, 0.1) is 12.2 Å². The summed E-state index contributed by atoms with van der Waals surface area (Å²) >= 11 is 0. The largest absolute Gasteiger partial charge is 0.493 e. The molecule has 0 saturated carbocycles. The van der Waals surface area contributed by atoms with Gasteiger partial charge in [0, 0.05) is 5.56 Å². The van der Waals surface area contributed by atoms with Crippen molar-refractivity contribution in [2.24, 2.45) is 0 Å². The van der Waals surface area contributed by atoms with Crippen molar-refractivity contribution in [3.8, 4) is 5.75 Å². The summed E-state index contributed by atoms with van der Waals surface area (Å²) in [5.41, 5.74) is 0.771. The number of carbonyl (C=O) groups excluding carboxylic acids is 1. The molecule has 3 heteroatoms. The van der Waals surface area contributed by atoms with Crippen LogP contribution in [-0.4, -0.2) is 12.9 Å². The topological polar surface area (TPSA) is 26.3 Å². The second kappa shape index (κ2) is 4.03. The van der Waals surface area contributed by atoms with Crippen molar-refractivity contribution in [1.29, 1.82) is 0 Å². The van der Waals surface area contributed by atoms with E-state index in [1.165, 1.54) is 12.1 Å². The maximum absolute atomic E-state index is 13.0. The number of carbonyl (C=O) groups is 1. The Morgan fingerprint density at radius 2 is 2.23 bits per heavy atom. The van der Waals surface area contributed by atoms with E-state index in [1.54, 1.807) is 13.8 Å². The van der Waals surface area contributed by atoms with Crippen molar-refractivity contribution >= 4 is 6.29 Å². The minimum atomic E-state index is -0.353. The number of rotatable bonds is 3. The van der Waals surface area contributed by atoms with Gasteiger partial charge in [-0.2, -0.15) is 0 Å². The van der Waals surface area contributed by atoms with Crippen molar-refractivity contribution < 1.29 is 13.9 Å². The molecule has 0 spiro atoms. The van der Waals surface area contributed by atoms with Crippen LogP contribution < -0.4 is 4.74 Å². The monoisotopic (exact) mass is 182 g/mol. The first-order chi connectivity index (χ1) is 6.20. The zero-order valence-corrected chi connectivity index (χ0v) is 7.63. The van der Waals surface area contributed by atoms with Gasteiger partial charge < -0.3 is 4.74 Å². The third-order valence-corrected chi connectivity index (χ3v) is 1.79. The van der Waals surface area contributed by atoms with Crippen molar-refractivity contribution in [2.45, 2.75) is 13.8 Å². The van der Waals surface area contributed by atoms with E-state index < -0.39 is 0 Å². The molecular formula is C10H11FO2. The van der Waals surface area contributed by atoms with Crippen LogP contribution in [0.2, 0.25) is 0 Å². The molecule has 0 N–H and O–H groups in total. The second-order valence-electron chi connectivity index (χ2n) is 2.64. The van der Waals surface area contributed by atoms with E-state index in [0.717, 1.165) is 0 Å². The smallest absolute Gasteiger partial charge is 0.153 e. The maximum atomic E-state index is 13.0. The highest BCUT2D eigenvalue weighted by Gasteiger charge is 2.09. The van der Waals surface area contributed by atoms with Crippen LogP contribution in [-0.2, 0) is 0 Å². The Bertz CT molecular complexity index is 321. The molecule has 0 aliphatic carbocycles. The highest BCUT2D eigenvalue weighted by molar-refractivity contribution is 5.80. The van der Waals surface area contributed by atoms with Crippen LogP contribution in [0.4, 0.5) is 4.39 Å². The minimum absolute atomic E-state index is 0.345. The van der Waals surface area contributed by atoms with Gasteiger partial charge >= 0.3 is 0 Å². The highest BCUT2D eigenvalue weighted by Crippen LogP contribution is 2.24. The van der Waals surface area contributed by atoms with Crippen molar-refractivity contribution in [3.63, 3.8) is 0 Å². The summed E-state index contributed by atoms with van der Waals surface area (Å²) in [6, 6.07) is 2.68. The zero-order valence-electron chi connectivity index (χ0n) is 7.63. The SMILES string of the molecule is CCOc1c(C=O)ccc(F)c1C. The molecule has 0 amide bonds. The van der Waals surface area contributed by atoms with E-state index in [4.69, 9.17) is 4.74 Å². The number of hydrogen-bond acceptors (Lipinski definition) is 2. The lowest BCUT2D eigenvalue weighted by molar-refractivity contribution is 0.111. The average Bonchev–Trinajstić information content (AvgIpc) is 2.14. The predicted molar refractivity (Wildman–Crippen MR) is 47.7 cm³/mol. The number of ether oxygens (including phenoxy) is 1. The van der Waals surface area contributed by atoms with Gasteiger partial charge in [0.1, 0.15) is 11.6 Å².